The topological polar surface area (TPSA) is 25.2 Å². The average Bonchev–Trinajstić information content (AvgIpc) is 2.87. The molecule has 104 valence electrons. The first kappa shape index (κ1) is 12.0. The van der Waals surface area contributed by atoms with Crippen molar-refractivity contribution in [2.75, 3.05) is 6.54 Å². The van der Waals surface area contributed by atoms with E-state index in [4.69, 9.17) is 4.42 Å². The molecule has 4 saturated carbocycles. The maximum atomic E-state index is 5.78. The van der Waals surface area contributed by atoms with E-state index in [1.54, 1.807) is 0 Å². The Bertz CT molecular complexity index is 401. The van der Waals surface area contributed by atoms with Gasteiger partial charge in [-0.2, -0.15) is 0 Å². The van der Waals surface area contributed by atoms with Gasteiger partial charge in [0.1, 0.15) is 5.76 Å². The Hall–Kier alpha value is -0.760. The van der Waals surface area contributed by atoms with Gasteiger partial charge in [0, 0.05) is 0 Å². The van der Waals surface area contributed by atoms with Crippen molar-refractivity contribution >= 4 is 0 Å². The third-order valence-corrected chi connectivity index (χ3v) is 5.93. The summed E-state index contributed by atoms with van der Waals surface area (Å²) in [7, 11) is 0. The molecule has 1 atom stereocenters. The van der Waals surface area contributed by atoms with Gasteiger partial charge in [-0.1, -0.05) is 6.92 Å². The predicted molar refractivity (Wildman–Crippen MR) is 75.7 cm³/mol. The van der Waals surface area contributed by atoms with Gasteiger partial charge in [-0.25, -0.2) is 0 Å². The molecule has 2 nitrogen and oxygen atoms in total. The van der Waals surface area contributed by atoms with E-state index in [1.807, 2.05) is 12.3 Å². The van der Waals surface area contributed by atoms with Crippen molar-refractivity contribution in [1.82, 2.24) is 5.32 Å². The molecular weight excluding hydrogens is 234 g/mol. The Morgan fingerprint density at radius 3 is 2.32 bits per heavy atom. The molecule has 19 heavy (non-hydrogen) atoms. The number of rotatable bonds is 4. The summed E-state index contributed by atoms with van der Waals surface area (Å²) in [5.74, 6) is 4.18. The van der Waals surface area contributed by atoms with E-state index in [9.17, 15) is 0 Å². The molecule has 0 amide bonds. The lowest BCUT2D eigenvalue weighted by molar-refractivity contribution is -0.0781. The molecule has 2 heteroatoms. The average molecular weight is 259 g/mol. The highest BCUT2D eigenvalue weighted by Gasteiger charge is 2.54. The predicted octanol–water partition coefficient (Wildman–Crippen LogP) is 4.15. The lowest BCUT2D eigenvalue weighted by Crippen LogP contribution is -2.51. The van der Waals surface area contributed by atoms with Crippen LogP contribution in [0.4, 0.5) is 0 Å². The third-order valence-electron chi connectivity index (χ3n) is 5.93. The molecule has 0 saturated heterocycles. The first-order valence-corrected chi connectivity index (χ1v) is 8.06. The maximum absolute atomic E-state index is 5.78. The summed E-state index contributed by atoms with van der Waals surface area (Å²) >= 11 is 0. The maximum Gasteiger partial charge on any atom is 0.121 e. The second-order valence-corrected chi connectivity index (χ2v) is 7.29. The lowest BCUT2D eigenvalue weighted by Gasteiger charge is -2.59. The minimum atomic E-state index is 0.445. The molecule has 4 aliphatic rings. The summed E-state index contributed by atoms with van der Waals surface area (Å²) < 4.78 is 5.78. The molecule has 1 N–H and O–H groups in total. The van der Waals surface area contributed by atoms with E-state index in [-0.39, 0.29) is 0 Å². The molecule has 4 aliphatic carbocycles. The molecule has 0 aliphatic heterocycles. The van der Waals surface area contributed by atoms with Crippen LogP contribution in [0.15, 0.2) is 22.8 Å². The Balaban J connectivity index is 1.68. The standard InChI is InChI=1S/C17H25NO/c1-2-18-16(15-4-3-5-19-15)17-9-12-6-13(10-17)8-14(7-12)11-17/h3-5,12-14,16,18H,2,6-11H2,1H3. The zero-order valence-corrected chi connectivity index (χ0v) is 11.9. The van der Waals surface area contributed by atoms with Gasteiger partial charge in [0.2, 0.25) is 0 Å². The van der Waals surface area contributed by atoms with Gasteiger partial charge in [0.15, 0.2) is 0 Å². The highest BCUT2D eigenvalue weighted by Crippen LogP contribution is 2.64. The largest absolute Gasteiger partial charge is 0.468 e. The zero-order chi connectivity index (χ0) is 12.9. The molecular formula is C17H25NO. The van der Waals surface area contributed by atoms with Crippen LogP contribution < -0.4 is 5.32 Å². The van der Waals surface area contributed by atoms with Crippen LogP contribution in [0.1, 0.15) is 57.3 Å². The molecule has 1 aromatic rings. The summed E-state index contributed by atoms with van der Waals surface area (Å²) in [6.07, 6.45) is 10.6. The van der Waals surface area contributed by atoms with Gasteiger partial charge in [-0.15, -0.1) is 0 Å². The molecule has 1 aromatic heterocycles. The fraction of sp³-hybridized carbons (Fsp3) is 0.765. The summed E-state index contributed by atoms with van der Waals surface area (Å²) in [5, 5.41) is 3.75. The van der Waals surface area contributed by atoms with Crippen molar-refractivity contribution in [3.8, 4) is 0 Å². The van der Waals surface area contributed by atoms with Gasteiger partial charge in [0.05, 0.1) is 12.3 Å². The van der Waals surface area contributed by atoms with E-state index in [2.05, 4.69) is 18.3 Å². The van der Waals surface area contributed by atoms with Crippen LogP contribution >= 0.6 is 0 Å². The van der Waals surface area contributed by atoms with Crippen molar-refractivity contribution in [2.45, 2.75) is 51.5 Å². The number of nitrogens with one attached hydrogen (secondary N) is 1. The Kier molecular flexibility index (Phi) is 2.77. The molecule has 4 bridgehead atoms. The summed E-state index contributed by atoms with van der Waals surface area (Å²) in [6.45, 7) is 3.25. The highest BCUT2D eigenvalue weighted by molar-refractivity contribution is 5.15. The second-order valence-electron chi connectivity index (χ2n) is 7.29. The van der Waals surface area contributed by atoms with Gasteiger partial charge in [-0.05, 0) is 80.4 Å². The van der Waals surface area contributed by atoms with Gasteiger partial charge >= 0.3 is 0 Å². The van der Waals surface area contributed by atoms with E-state index < -0.39 is 0 Å². The highest BCUT2D eigenvalue weighted by atomic mass is 16.3. The van der Waals surface area contributed by atoms with E-state index in [0.717, 1.165) is 24.3 Å². The monoisotopic (exact) mass is 259 g/mol. The van der Waals surface area contributed by atoms with Crippen LogP contribution in [0.3, 0.4) is 0 Å². The normalized spacial score (nSPS) is 41.6. The Morgan fingerprint density at radius 2 is 1.84 bits per heavy atom. The summed E-state index contributed by atoms with van der Waals surface area (Å²) in [6, 6.07) is 4.66. The second kappa shape index (κ2) is 4.37. The van der Waals surface area contributed by atoms with Crippen LogP contribution in [-0.4, -0.2) is 6.54 Å². The molecule has 5 rings (SSSR count). The third kappa shape index (κ3) is 1.87. The SMILES string of the molecule is CCNC(c1ccco1)C12CC3CC(CC(C3)C1)C2. The van der Waals surface area contributed by atoms with Gasteiger partial charge < -0.3 is 9.73 Å². The fourth-order valence-electron chi connectivity index (χ4n) is 5.81. The van der Waals surface area contributed by atoms with Crippen molar-refractivity contribution in [3.05, 3.63) is 24.2 Å². The number of hydrogen-bond donors (Lipinski definition) is 1. The van der Waals surface area contributed by atoms with E-state index in [1.165, 1.54) is 44.3 Å². The minimum absolute atomic E-state index is 0.445. The summed E-state index contributed by atoms with van der Waals surface area (Å²) in [4.78, 5) is 0. The molecule has 1 unspecified atom stereocenters. The van der Waals surface area contributed by atoms with Crippen LogP contribution in [0.25, 0.3) is 0 Å². The molecule has 4 fully saturated rings. The van der Waals surface area contributed by atoms with Crippen LogP contribution in [0.5, 0.6) is 0 Å². The van der Waals surface area contributed by atoms with Crippen molar-refractivity contribution in [1.29, 1.82) is 0 Å². The van der Waals surface area contributed by atoms with Crippen molar-refractivity contribution in [3.63, 3.8) is 0 Å². The van der Waals surface area contributed by atoms with Gasteiger partial charge in [0.25, 0.3) is 0 Å². The van der Waals surface area contributed by atoms with Crippen LogP contribution in [-0.2, 0) is 0 Å². The van der Waals surface area contributed by atoms with Crippen molar-refractivity contribution in [2.24, 2.45) is 23.2 Å². The first-order valence-electron chi connectivity index (χ1n) is 8.06. The van der Waals surface area contributed by atoms with Crippen LogP contribution in [0.2, 0.25) is 0 Å². The number of furan rings is 1. The number of hydrogen-bond acceptors (Lipinski definition) is 2. The molecule has 0 spiro atoms. The van der Waals surface area contributed by atoms with E-state index in [0.29, 0.717) is 11.5 Å². The Morgan fingerprint density at radius 1 is 1.21 bits per heavy atom. The minimum Gasteiger partial charge on any atom is -0.468 e. The summed E-state index contributed by atoms with van der Waals surface area (Å²) in [5.41, 5.74) is 0.489. The van der Waals surface area contributed by atoms with Crippen molar-refractivity contribution < 1.29 is 4.42 Å². The fourth-order valence-corrected chi connectivity index (χ4v) is 5.81. The smallest absolute Gasteiger partial charge is 0.121 e. The Labute approximate surface area is 116 Å². The molecule has 0 radical (unpaired) electrons. The van der Waals surface area contributed by atoms with Gasteiger partial charge in [-0.3, -0.25) is 0 Å². The molecule has 1 heterocycles. The van der Waals surface area contributed by atoms with Crippen LogP contribution in [0, 0.1) is 23.2 Å². The van der Waals surface area contributed by atoms with E-state index >= 15 is 0 Å². The lowest BCUT2D eigenvalue weighted by atomic mass is 9.47. The quantitative estimate of drug-likeness (QED) is 0.879. The zero-order valence-electron chi connectivity index (χ0n) is 11.9. The molecule has 0 aromatic carbocycles. The first-order chi connectivity index (χ1) is 9.29.